The van der Waals surface area contributed by atoms with Crippen LogP contribution in [0.15, 0.2) is 48.5 Å². The molecular weight excluding hydrogens is 380 g/mol. The molecule has 1 N–H and O–H groups in total. The number of methoxy groups -OCH3 is 2. The van der Waals surface area contributed by atoms with E-state index in [4.69, 9.17) is 9.47 Å². The highest BCUT2D eigenvalue weighted by atomic mass is 16.5. The number of para-hydroxylation sites is 1. The molecule has 1 heterocycles. The number of rotatable bonds is 7. The van der Waals surface area contributed by atoms with Gasteiger partial charge in [0.25, 0.3) is 0 Å². The Morgan fingerprint density at radius 3 is 2.43 bits per heavy atom. The summed E-state index contributed by atoms with van der Waals surface area (Å²) in [5, 5.41) is 3.08. The van der Waals surface area contributed by atoms with E-state index in [-0.39, 0.29) is 17.9 Å². The Hall–Kier alpha value is -3.02. The molecule has 4 rings (SSSR count). The molecule has 6 nitrogen and oxygen atoms in total. The molecule has 0 aromatic heterocycles. The van der Waals surface area contributed by atoms with Crippen molar-refractivity contribution in [3.8, 4) is 11.5 Å². The topological polar surface area (TPSA) is 67.9 Å². The Morgan fingerprint density at radius 1 is 1.07 bits per heavy atom. The van der Waals surface area contributed by atoms with Crippen molar-refractivity contribution in [3.63, 3.8) is 0 Å². The third-order valence-corrected chi connectivity index (χ3v) is 6.37. The lowest BCUT2D eigenvalue weighted by Gasteiger charge is -2.51. The van der Waals surface area contributed by atoms with E-state index in [9.17, 15) is 9.59 Å². The quantitative estimate of drug-likeness (QED) is 0.711. The molecule has 1 unspecified atom stereocenters. The van der Waals surface area contributed by atoms with Gasteiger partial charge in [0.2, 0.25) is 11.8 Å². The number of nitrogens with one attached hydrogen (secondary N) is 1. The van der Waals surface area contributed by atoms with E-state index in [1.807, 2.05) is 53.4 Å². The highest BCUT2D eigenvalue weighted by Gasteiger charge is 2.55. The summed E-state index contributed by atoms with van der Waals surface area (Å²) in [7, 11) is 3.18. The summed E-state index contributed by atoms with van der Waals surface area (Å²) in [5.41, 5.74) is 1.15. The fourth-order valence-corrected chi connectivity index (χ4v) is 4.87. The van der Waals surface area contributed by atoms with Gasteiger partial charge in [-0.25, -0.2) is 0 Å². The first-order valence-corrected chi connectivity index (χ1v) is 10.5. The first kappa shape index (κ1) is 20.3. The fraction of sp³-hybridized carbons (Fsp3) is 0.417. The van der Waals surface area contributed by atoms with Gasteiger partial charge < -0.3 is 19.7 Å². The van der Waals surface area contributed by atoms with Crippen LogP contribution in [0.4, 0.5) is 0 Å². The molecule has 158 valence electrons. The maximum absolute atomic E-state index is 13.5. The SMILES string of the molecule is COc1cccc(CNC(=O)C2(N3C(=O)CC3c3ccccc3)CCCC2)c1OC. The number of ether oxygens (including phenoxy) is 2. The molecule has 30 heavy (non-hydrogen) atoms. The second-order valence-electron chi connectivity index (χ2n) is 7.97. The van der Waals surface area contributed by atoms with Gasteiger partial charge in [-0.1, -0.05) is 55.3 Å². The maximum Gasteiger partial charge on any atom is 0.246 e. The summed E-state index contributed by atoms with van der Waals surface area (Å²) < 4.78 is 10.8. The maximum atomic E-state index is 13.5. The van der Waals surface area contributed by atoms with Crippen LogP contribution in [0.1, 0.15) is 49.3 Å². The van der Waals surface area contributed by atoms with Crippen molar-refractivity contribution in [1.82, 2.24) is 10.2 Å². The number of carbonyl (C=O) groups excluding carboxylic acids is 2. The van der Waals surface area contributed by atoms with Crippen molar-refractivity contribution in [2.45, 2.75) is 50.2 Å². The number of likely N-dealkylation sites (tertiary alicyclic amines) is 1. The molecule has 1 saturated heterocycles. The normalized spacial score (nSPS) is 19.9. The van der Waals surface area contributed by atoms with Crippen LogP contribution in [0.25, 0.3) is 0 Å². The molecule has 2 aromatic rings. The standard InChI is InChI=1S/C24H28N2O4/c1-29-20-12-8-11-18(22(20)30-2)16-25-23(28)24(13-6-7-14-24)26-19(15-21(26)27)17-9-4-3-5-10-17/h3-5,8-12,19H,6-7,13-16H2,1-2H3,(H,25,28). The van der Waals surface area contributed by atoms with E-state index in [0.29, 0.717) is 37.3 Å². The number of β-lactam (4-membered cyclic amide) rings is 1. The van der Waals surface area contributed by atoms with Gasteiger partial charge in [0, 0.05) is 12.1 Å². The number of nitrogens with zero attached hydrogens (tertiary/aromatic N) is 1. The van der Waals surface area contributed by atoms with Gasteiger partial charge in [0.05, 0.1) is 26.7 Å². The number of carbonyl (C=O) groups is 2. The number of hydrogen-bond acceptors (Lipinski definition) is 4. The Bertz CT molecular complexity index is 922. The van der Waals surface area contributed by atoms with E-state index in [1.165, 1.54) is 0 Å². The van der Waals surface area contributed by atoms with Gasteiger partial charge in [-0.15, -0.1) is 0 Å². The predicted molar refractivity (Wildman–Crippen MR) is 113 cm³/mol. The minimum atomic E-state index is -0.776. The minimum absolute atomic E-state index is 0.0334. The van der Waals surface area contributed by atoms with Crippen LogP contribution in [0, 0.1) is 0 Å². The zero-order valence-corrected chi connectivity index (χ0v) is 17.5. The average molecular weight is 408 g/mol. The third-order valence-electron chi connectivity index (χ3n) is 6.37. The molecule has 1 saturated carbocycles. The van der Waals surface area contributed by atoms with Crippen LogP contribution in [0.2, 0.25) is 0 Å². The monoisotopic (exact) mass is 408 g/mol. The van der Waals surface area contributed by atoms with Crippen molar-refractivity contribution in [3.05, 3.63) is 59.7 Å². The largest absolute Gasteiger partial charge is 0.493 e. The Balaban J connectivity index is 1.56. The van der Waals surface area contributed by atoms with Crippen molar-refractivity contribution < 1.29 is 19.1 Å². The molecule has 1 atom stereocenters. The molecule has 2 amide bonds. The highest BCUT2D eigenvalue weighted by molar-refractivity contribution is 5.95. The van der Waals surface area contributed by atoms with E-state index in [0.717, 1.165) is 24.0 Å². The van der Waals surface area contributed by atoms with Crippen LogP contribution in [-0.2, 0) is 16.1 Å². The molecule has 0 bridgehead atoms. The van der Waals surface area contributed by atoms with E-state index in [2.05, 4.69) is 5.32 Å². The van der Waals surface area contributed by atoms with Gasteiger partial charge >= 0.3 is 0 Å². The smallest absolute Gasteiger partial charge is 0.246 e. The van der Waals surface area contributed by atoms with Crippen LogP contribution in [0.3, 0.4) is 0 Å². The lowest BCUT2D eigenvalue weighted by molar-refractivity contribution is -0.165. The van der Waals surface area contributed by atoms with Crippen molar-refractivity contribution in [1.29, 1.82) is 0 Å². The van der Waals surface area contributed by atoms with Gasteiger partial charge in [0.15, 0.2) is 11.5 Å². The van der Waals surface area contributed by atoms with Crippen LogP contribution in [0.5, 0.6) is 11.5 Å². The predicted octanol–water partition coefficient (Wildman–Crippen LogP) is 3.61. The summed E-state index contributed by atoms with van der Waals surface area (Å²) in [6, 6.07) is 15.6. The minimum Gasteiger partial charge on any atom is -0.493 e. The molecule has 2 aliphatic rings. The molecule has 2 aromatic carbocycles. The Kier molecular flexibility index (Phi) is 5.66. The molecule has 6 heteroatoms. The second-order valence-corrected chi connectivity index (χ2v) is 7.97. The van der Waals surface area contributed by atoms with Crippen LogP contribution >= 0.6 is 0 Å². The van der Waals surface area contributed by atoms with Gasteiger partial charge in [-0.05, 0) is 24.5 Å². The fourth-order valence-electron chi connectivity index (χ4n) is 4.87. The molecule has 1 aliphatic heterocycles. The number of hydrogen-bond donors (Lipinski definition) is 1. The molecular formula is C24H28N2O4. The average Bonchev–Trinajstić information content (AvgIpc) is 3.25. The van der Waals surface area contributed by atoms with Gasteiger partial charge in [-0.3, -0.25) is 9.59 Å². The van der Waals surface area contributed by atoms with E-state index < -0.39 is 5.54 Å². The second kappa shape index (κ2) is 8.38. The number of benzene rings is 2. The lowest BCUT2D eigenvalue weighted by atomic mass is 9.83. The summed E-state index contributed by atoms with van der Waals surface area (Å²) in [6.07, 6.45) is 3.75. The molecule has 1 aliphatic carbocycles. The van der Waals surface area contributed by atoms with E-state index in [1.54, 1.807) is 14.2 Å². The third kappa shape index (κ3) is 3.40. The van der Waals surface area contributed by atoms with Crippen molar-refractivity contribution in [2.24, 2.45) is 0 Å². The summed E-state index contributed by atoms with van der Waals surface area (Å²) in [6.45, 7) is 0.318. The molecule has 0 spiro atoms. The zero-order chi connectivity index (χ0) is 21.1. The summed E-state index contributed by atoms with van der Waals surface area (Å²) in [4.78, 5) is 28.0. The highest BCUT2D eigenvalue weighted by Crippen LogP contribution is 2.47. The first-order chi connectivity index (χ1) is 14.6. The molecule has 0 radical (unpaired) electrons. The van der Waals surface area contributed by atoms with Crippen molar-refractivity contribution >= 4 is 11.8 Å². The van der Waals surface area contributed by atoms with E-state index >= 15 is 0 Å². The zero-order valence-electron chi connectivity index (χ0n) is 17.5. The molecule has 2 fully saturated rings. The first-order valence-electron chi connectivity index (χ1n) is 10.5. The lowest BCUT2D eigenvalue weighted by Crippen LogP contribution is -2.65. The van der Waals surface area contributed by atoms with Crippen molar-refractivity contribution in [2.75, 3.05) is 14.2 Å². The Morgan fingerprint density at radius 2 is 1.80 bits per heavy atom. The van der Waals surface area contributed by atoms with Gasteiger partial charge in [0.1, 0.15) is 5.54 Å². The number of amides is 2. The van der Waals surface area contributed by atoms with Crippen LogP contribution in [-0.4, -0.2) is 36.5 Å². The summed E-state index contributed by atoms with van der Waals surface area (Å²) in [5.74, 6) is 1.21. The summed E-state index contributed by atoms with van der Waals surface area (Å²) >= 11 is 0. The Labute approximate surface area is 177 Å². The van der Waals surface area contributed by atoms with Crippen LogP contribution < -0.4 is 14.8 Å². The van der Waals surface area contributed by atoms with Gasteiger partial charge in [-0.2, -0.15) is 0 Å².